The number of nitrogens with one attached hydrogen (secondary N) is 1. The number of benzene rings is 1. The Morgan fingerprint density at radius 2 is 2.33 bits per heavy atom. The molecule has 0 spiro atoms. The first-order chi connectivity index (χ1) is 8.70. The fraction of sp³-hybridized carbons (Fsp3) is 0.385. The van der Waals surface area contributed by atoms with Crippen LogP contribution in [0.5, 0.6) is 0 Å². The van der Waals surface area contributed by atoms with Crippen LogP contribution >= 0.6 is 0 Å². The number of nitrogens with zero attached hydrogens (tertiary/aromatic N) is 2. The van der Waals surface area contributed by atoms with E-state index in [1.807, 2.05) is 6.07 Å². The Morgan fingerprint density at radius 1 is 1.56 bits per heavy atom. The normalized spacial score (nSPS) is 13.8. The van der Waals surface area contributed by atoms with E-state index < -0.39 is 0 Å². The Bertz CT molecular complexity index is 479. The molecule has 1 aromatic carbocycles. The highest BCUT2D eigenvalue weighted by Crippen LogP contribution is 2.27. The average Bonchev–Trinajstić information content (AvgIpc) is 3.14. The number of carbonyl (C=O) groups excluding carboxylic acids is 1. The van der Waals surface area contributed by atoms with Gasteiger partial charge < -0.3 is 10.2 Å². The third kappa shape index (κ3) is 3.20. The lowest BCUT2D eigenvalue weighted by Crippen LogP contribution is -2.37. The van der Waals surface area contributed by atoms with Crippen molar-refractivity contribution in [1.82, 2.24) is 4.90 Å². The van der Waals surface area contributed by atoms with Crippen LogP contribution in [0.15, 0.2) is 24.3 Å². The number of hydrogen-bond acceptors (Lipinski definition) is 2. The average molecular weight is 247 g/mol. The molecule has 1 N–H and O–H groups in total. The van der Waals surface area contributed by atoms with Crippen molar-refractivity contribution in [1.29, 1.82) is 5.26 Å². The first-order valence-corrected chi connectivity index (χ1v) is 5.91. The molecule has 1 fully saturated rings. The summed E-state index contributed by atoms with van der Waals surface area (Å²) in [6.45, 7) is 0.419. The summed E-state index contributed by atoms with van der Waals surface area (Å²) < 4.78 is 13.0. The summed E-state index contributed by atoms with van der Waals surface area (Å²) in [5.74, 6) is -0.386. The Balaban J connectivity index is 1.98. The molecule has 1 aliphatic carbocycles. The van der Waals surface area contributed by atoms with Crippen molar-refractivity contribution in [2.45, 2.75) is 25.3 Å². The topological polar surface area (TPSA) is 56.1 Å². The minimum Gasteiger partial charge on any atom is -0.321 e. The highest BCUT2D eigenvalue weighted by Gasteiger charge is 2.32. The van der Waals surface area contributed by atoms with Crippen LogP contribution < -0.4 is 5.32 Å². The Labute approximate surface area is 105 Å². The summed E-state index contributed by atoms with van der Waals surface area (Å²) in [5, 5.41) is 11.2. The molecule has 94 valence electrons. The van der Waals surface area contributed by atoms with Gasteiger partial charge in [-0.05, 0) is 31.0 Å². The van der Waals surface area contributed by atoms with Crippen LogP contribution in [0.4, 0.5) is 14.9 Å². The van der Waals surface area contributed by atoms with Crippen LogP contribution in [-0.4, -0.2) is 23.5 Å². The Hall–Kier alpha value is -2.09. The van der Waals surface area contributed by atoms with E-state index in [-0.39, 0.29) is 17.9 Å². The molecule has 18 heavy (non-hydrogen) atoms. The standard InChI is InChI=1S/C13H14FN3O/c14-10-3-1-4-11(9-10)16-13(18)17(8-2-7-15)12-5-6-12/h1,3-4,9,12H,2,5-6,8H2,(H,16,18). The van der Waals surface area contributed by atoms with Crippen molar-refractivity contribution in [3.8, 4) is 6.07 Å². The molecule has 0 aliphatic heterocycles. The maximum absolute atomic E-state index is 13.0. The number of urea groups is 1. The smallest absolute Gasteiger partial charge is 0.321 e. The maximum atomic E-state index is 13.0. The predicted octanol–water partition coefficient (Wildman–Crippen LogP) is 2.74. The van der Waals surface area contributed by atoms with E-state index in [9.17, 15) is 9.18 Å². The molecular weight excluding hydrogens is 233 g/mol. The van der Waals surface area contributed by atoms with E-state index in [1.165, 1.54) is 12.1 Å². The Kier molecular flexibility index (Phi) is 3.78. The lowest BCUT2D eigenvalue weighted by molar-refractivity contribution is 0.210. The lowest BCUT2D eigenvalue weighted by atomic mass is 10.3. The molecule has 0 atom stereocenters. The molecule has 1 saturated carbocycles. The van der Waals surface area contributed by atoms with Crippen molar-refractivity contribution in [2.75, 3.05) is 11.9 Å². The van der Waals surface area contributed by atoms with Gasteiger partial charge in [0.2, 0.25) is 0 Å². The third-order valence-electron chi connectivity index (χ3n) is 2.79. The summed E-state index contributed by atoms with van der Waals surface area (Å²) in [6.07, 6.45) is 2.26. The third-order valence-corrected chi connectivity index (χ3v) is 2.79. The van der Waals surface area contributed by atoms with Crippen LogP contribution in [-0.2, 0) is 0 Å². The molecule has 1 aromatic rings. The van der Waals surface area contributed by atoms with Gasteiger partial charge in [-0.3, -0.25) is 0 Å². The van der Waals surface area contributed by atoms with Gasteiger partial charge in [-0.15, -0.1) is 0 Å². The van der Waals surface area contributed by atoms with Crippen LogP contribution in [0.1, 0.15) is 19.3 Å². The van der Waals surface area contributed by atoms with Gasteiger partial charge >= 0.3 is 6.03 Å². The SMILES string of the molecule is N#CCCN(C(=O)Nc1cccc(F)c1)C1CC1. The van der Waals surface area contributed by atoms with E-state index in [4.69, 9.17) is 5.26 Å². The number of anilines is 1. The molecule has 0 saturated heterocycles. The van der Waals surface area contributed by atoms with Crippen LogP contribution in [0.3, 0.4) is 0 Å². The number of amides is 2. The fourth-order valence-electron chi connectivity index (χ4n) is 1.77. The van der Waals surface area contributed by atoms with Gasteiger partial charge in [0.25, 0.3) is 0 Å². The van der Waals surface area contributed by atoms with Gasteiger partial charge in [0.1, 0.15) is 5.82 Å². The monoisotopic (exact) mass is 247 g/mol. The molecule has 0 unspecified atom stereocenters. The lowest BCUT2D eigenvalue weighted by Gasteiger charge is -2.21. The summed E-state index contributed by atoms with van der Waals surface area (Å²) in [5.41, 5.74) is 0.433. The van der Waals surface area contributed by atoms with Crippen LogP contribution in [0, 0.1) is 17.1 Å². The minimum absolute atomic E-state index is 0.229. The summed E-state index contributed by atoms with van der Waals surface area (Å²) in [7, 11) is 0. The number of nitriles is 1. The van der Waals surface area contributed by atoms with E-state index in [1.54, 1.807) is 17.0 Å². The van der Waals surface area contributed by atoms with Crippen LogP contribution in [0.25, 0.3) is 0 Å². The van der Waals surface area contributed by atoms with Gasteiger partial charge in [0.15, 0.2) is 0 Å². The zero-order valence-corrected chi connectivity index (χ0v) is 9.90. The van der Waals surface area contributed by atoms with Crippen LogP contribution in [0.2, 0.25) is 0 Å². The predicted molar refractivity (Wildman–Crippen MR) is 65.4 cm³/mol. The summed E-state index contributed by atoms with van der Waals surface area (Å²) in [4.78, 5) is 13.6. The van der Waals surface area contributed by atoms with Crippen molar-refractivity contribution in [2.24, 2.45) is 0 Å². The number of halogens is 1. The van der Waals surface area contributed by atoms with Crippen molar-refractivity contribution < 1.29 is 9.18 Å². The highest BCUT2D eigenvalue weighted by molar-refractivity contribution is 5.89. The molecule has 2 rings (SSSR count). The Morgan fingerprint density at radius 3 is 2.94 bits per heavy atom. The fourth-order valence-corrected chi connectivity index (χ4v) is 1.77. The van der Waals surface area contributed by atoms with Gasteiger partial charge in [0.05, 0.1) is 12.5 Å². The summed E-state index contributed by atoms with van der Waals surface area (Å²) >= 11 is 0. The maximum Gasteiger partial charge on any atom is 0.322 e. The molecule has 0 radical (unpaired) electrons. The molecule has 0 bridgehead atoms. The zero-order valence-electron chi connectivity index (χ0n) is 9.90. The largest absolute Gasteiger partial charge is 0.322 e. The van der Waals surface area contributed by atoms with Crippen molar-refractivity contribution >= 4 is 11.7 Å². The molecular formula is C13H14FN3O. The highest BCUT2D eigenvalue weighted by atomic mass is 19.1. The second-order valence-corrected chi connectivity index (χ2v) is 4.27. The molecule has 2 amide bonds. The molecule has 0 heterocycles. The van der Waals surface area contributed by atoms with E-state index in [0.29, 0.717) is 18.7 Å². The summed E-state index contributed by atoms with van der Waals surface area (Å²) in [6, 6.07) is 7.76. The van der Waals surface area contributed by atoms with Gasteiger partial charge in [-0.25, -0.2) is 9.18 Å². The number of rotatable bonds is 4. The van der Waals surface area contributed by atoms with Gasteiger partial charge in [0, 0.05) is 18.3 Å². The van der Waals surface area contributed by atoms with E-state index in [2.05, 4.69) is 5.32 Å². The quantitative estimate of drug-likeness (QED) is 0.889. The second-order valence-electron chi connectivity index (χ2n) is 4.27. The molecule has 1 aliphatic rings. The van der Waals surface area contributed by atoms with Gasteiger partial charge in [-0.1, -0.05) is 6.07 Å². The molecule has 5 heteroatoms. The second kappa shape index (κ2) is 5.50. The van der Waals surface area contributed by atoms with E-state index >= 15 is 0 Å². The van der Waals surface area contributed by atoms with Crippen molar-refractivity contribution in [3.05, 3.63) is 30.1 Å². The minimum atomic E-state index is -0.386. The zero-order chi connectivity index (χ0) is 13.0. The number of hydrogen-bond donors (Lipinski definition) is 1. The first-order valence-electron chi connectivity index (χ1n) is 5.91. The van der Waals surface area contributed by atoms with Crippen molar-refractivity contribution in [3.63, 3.8) is 0 Å². The van der Waals surface area contributed by atoms with E-state index in [0.717, 1.165) is 12.8 Å². The molecule has 0 aromatic heterocycles. The molecule has 4 nitrogen and oxygen atoms in total. The number of carbonyl (C=O) groups is 1. The first kappa shape index (κ1) is 12.4. The van der Waals surface area contributed by atoms with Gasteiger partial charge in [-0.2, -0.15) is 5.26 Å².